The van der Waals surface area contributed by atoms with E-state index in [4.69, 9.17) is 0 Å². The van der Waals surface area contributed by atoms with Crippen LogP contribution < -0.4 is 0 Å². The number of carbonyl (C=O) groups is 2. The summed E-state index contributed by atoms with van der Waals surface area (Å²) in [5.41, 5.74) is 2.79. The van der Waals surface area contributed by atoms with Gasteiger partial charge in [-0.3, -0.25) is 4.79 Å². The average molecular weight is 240 g/mol. The molecule has 2 aromatic carbocycles. The summed E-state index contributed by atoms with van der Waals surface area (Å²) in [6.45, 7) is 1.84. The molecular weight excluding hydrogens is 228 g/mol. The Morgan fingerprint density at radius 1 is 1.11 bits per heavy atom. The van der Waals surface area contributed by atoms with Gasteiger partial charge >= 0.3 is 5.97 Å². The second-order valence-corrected chi connectivity index (χ2v) is 4.06. The third-order valence-corrected chi connectivity index (χ3v) is 2.78. The highest BCUT2D eigenvalue weighted by Gasteiger charge is 2.13. The van der Waals surface area contributed by atoms with Crippen LogP contribution in [0.3, 0.4) is 0 Å². The summed E-state index contributed by atoms with van der Waals surface area (Å²) < 4.78 is 0. The molecule has 0 saturated heterocycles. The molecule has 0 amide bonds. The summed E-state index contributed by atoms with van der Waals surface area (Å²) in [6, 6.07) is 12.1. The minimum Gasteiger partial charge on any atom is -0.478 e. The number of carbonyl (C=O) groups excluding carboxylic acids is 1. The van der Waals surface area contributed by atoms with Gasteiger partial charge in [-0.2, -0.15) is 0 Å². The Morgan fingerprint density at radius 2 is 1.83 bits per heavy atom. The van der Waals surface area contributed by atoms with E-state index in [1.165, 1.54) is 0 Å². The van der Waals surface area contributed by atoms with Crippen LogP contribution in [-0.4, -0.2) is 17.4 Å². The fourth-order valence-corrected chi connectivity index (χ4v) is 1.91. The van der Waals surface area contributed by atoms with Crippen molar-refractivity contribution in [2.24, 2.45) is 0 Å². The number of benzene rings is 2. The molecule has 0 aliphatic carbocycles. The van der Waals surface area contributed by atoms with Gasteiger partial charge in [0.2, 0.25) is 0 Å². The van der Waals surface area contributed by atoms with Gasteiger partial charge in [-0.05, 0) is 24.1 Å². The molecule has 0 aliphatic rings. The molecule has 2 aromatic rings. The highest BCUT2D eigenvalue weighted by atomic mass is 16.4. The lowest BCUT2D eigenvalue weighted by Crippen LogP contribution is -2.01. The van der Waals surface area contributed by atoms with E-state index in [-0.39, 0.29) is 5.56 Å². The molecule has 0 fully saturated rings. The molecule has 90 valence electrons. The van der Waals surface area contributed by atoms with Crippen molar-refractivity contribution >= 4 is 12.3 Å². The van der Waals surface area contributed by atoms with Crippen molar-refractivity contribution in [1.82, 2.24) is 0 Å². The first kappa shape index (κ1) is 12.0. The Kier molecular flexibility index (Phi) is 3.24. The van der Waals surface area contributed by atoms with E-state index in [1.807, 2.05) is 13.0 Å². The Bertz CT molecular complexity index is 615. The van der Waals surface area contributed by atoms with Gasteiger partial charge in [0.1, 0.15) is 0 Å². The van der Waals surface area contributed by atoms with Crippen LogP contribution >= 0.6 is 0 Å². The molecule has 0 spiro atoms. The van der Waals surface area contributed by atoms with Gasteiger partial charge in [0.25, 0.3) is 0 Å². The summed E-state index contributed by atoms with van der Waals surface area (Å²) in [5.74, 6) is -0.991. The quantitative estimate of drug-likeness (QED) is 0.838. The van der Waals surface area contributed by atoms with E-state index < -0.39 is 5.97 Å². The first-order chi connectivity index (χ1) is 8.63. The number of aldehydes is 1. The lowest BCUT2D eigenvalue weighted by Gasteiger charge is -2.09. The highest BCUT2D eigenvalue weighted by molar-refractivity contribution is 5.99. The van der Waals surface area contributed by atoms with Crippen molar-refractivity contribution in [3.05, 3.63) is 59.2 Å². The second-order valence-electron chi connectivity index (χ2n) is 4.06. The van der Waals surface area contributed by atoms with Crippen LogP contribution in [0.2, 0.25) is 0 Å². The number of carboxylic acids is 1. The van der Waals surface area contributed by atoms with Gasteiger partial charge in [0, 0.05) is 5.56 Å². The number of aromatic carboxylic acids is 1. The van der Waals surface area contributed by atoms with Crippen molar-refractivity contribution in [3.63, 3.8) is 0 Å². The zero-order chi connectivity index (χ0) is 13.1. The minimum atomic E-state index is -0.991. The zero-order valence-electron chi connectivity index (χ0n) is 9.88. The van der Waals surface area contributed by atoms with Crippen LogP contribution in [0.5, 0.6) is 0 Å². The number of rotatable bonds is 3. The summed E-state index contributed by atoms with van der Waals surface area (Å²) in [4.78, 5) is 22.3. The molecule has 0 saturated carbocycles. The summed E-state index contributed by atoms with van der Waals surface area (Å²) in [5, 5.41) is 9.23. The number of hydrogen-bond donors (Lipinski definition) is 1. The molecule has 0 aromatic heterocycles. The Labute approximate surface area is 105 Å². The molecule has 0 atom stereocenters. The molecule has 0 heterocycles. The molecule has 3 nitrogen and oxygen atoms in total. The smallest absolute Gasteiger partial charge is 0.336 e. The van der Waals surface area contributed by atoms with E-state index in [1.54, 1.807) is 36.4 Å². The average Bonchev–Trinajstić information content (AvgIpc) is 2.38. The van der Waals surface area contributed by atoms with Gasteiger partial charge in [-0.25, -0.2) is 4.79 Å². The third-order valence-electron chi connectivity index (χ3n) is 2.78. The molecule has 1 N–H and O–H groups in total. The highest BCUT2D eigenvalue weighted by Crippen LogP contribution is 2.27. The van der Waals surface area contributed by atoms with Crippen molar-refractivity contribution < 1.29 is 14.7 Å². The summed E-state index contributed by atoms with van der Waals surface area (Å²) in [6.07, 6.45) is 0.737. The SMILES string of the molecule is Cc1ccc(-c2ccccc2C=O)c(C(=O)O)c1. The molecule has 0 unspecified atom stereocenters. The predicted octanol–water partition coefficient (Wildman–Crippen LogP) is 3.17. The van der Waals surface area contributed by atoms with E-state index in [0.717, 1.165) is 11.8 Å². The Hall–Kier alpha value is -2.42. The molecule has 0 radical (unpaired) electrons. The maximum Gasteiger partial charge on any atom is 0.336 e. The van der Waals surface area contributed by atoms with Gasteiger partial charge < -0.3 is 5.11 Å². The topological polar surface area (TPSA) is 54.4 Å². The lowest BCUT2D eigenvalue weighted by atomic mass is 9.94. The Morgan fingerprint density at radius 3 is 2.50 bits per heavy atom. The third kappa shape index (κ3) is 2.15. The van der Waals surface area contributed by atoms with E-state index in [2.05, 4.69) is 0 Å². The van der Waals surface area contributed by atoms with Crippen molar-refractivity contribution in [2.45, 2.75) is 6.92 Å². The maximum atomic E-state index is 11.3. The Balaban J connectivity index is 2.71. The van der Waals surface area contributed by atoms with E-state index in [9.17, 15) is 14.7 Å². The van der Waals surface area contributed by atoms with Gasteiger partial charge in [-0.1, -0.05) is 42.0 Å². The predicted molar refractivity (Wildman–Crippen MR) is 69.0 cm³/mol. The molecule has 0 aliphatic heterocycles. The number of hydrogen-bond acceptors (Lipinski definition) is 2. The number of carboxylic acid groups (broad SMARTS) is 1. The molecular formula is C15H12O3. The van der Waals surface area contributed by atoms with Crippen molar-refractivity contribution in [1.29, 1.82) is 0 Å². The normalized spacial score (nSPS) is 10.1. The maximum absolute atomic E-state index is 11.3. The summed E-state index contributed by atoms with van der Waals surface area (Å²) in [7, 11) is 0. The first-order valence-corrected chi connectivity index (χ1v) is 5.52. The van der Waals surface area contributed by atoms with E-state index >= 15 is 0 Å². The van der Waals surface area contributed by atoms with Gasteiger partial charge in [-0.15, -0.1) is 0 Å². The summed E-state index contributed by atoms with van der Waals surface area (Å²) >= 11 is 0. The van der Waals surface area contributed by atoms with Gasteiger partial charge in [0.15, 0.2) is 6.29 Å². The first-order valence-electron chi connectivity index (χ1n) is 5.52. The molecule has 0 bridgehead atoms. The fraction of sp³-hybridized carbons (Fsp3) is 0.0667. The van der Waals surface area contributed by atoms with Crippen LogP contribution in [0, 0.1) is 6.92 Å². The molecule has 3 heteroatoms. The fourth-order valence-electron chi connectivity index (χ4n) is 1.91. The standard InChI is InChI=1S/C15H12O3/c1-10-6-7-13(14(8-10)15(17)18)12-5-3-2-4-11(12)9-16/h2-9H,1H3,(H,17,18). The minimum absolute atomic E-state index is 0.212. The van der Waals surface area contributed by atoms with Crippen LogP contribution in [0.15, 0.2) is 42.5 Å². The van der Waals surface area contributed by atoms with Crippen molar-refractivity contribution in [3.8, 4) is 11.1 Å². The lowest BCUT2D eigenvalue weighted by molar-refractivity contribution is 0.0697. The van der Waals surface area contributed by atoms with Crippen molar-refractivity contribution in [2.75, 3.05) is 0 Å². The zero-order valence-corrected chi connectivity index (χ0v) is 9.88. The van der Waals surface area contributed by atoms with Crippen LogP contribution in [-0.2, 0) is 0 Å². The van der Waals surface area contributed by atoms with Crippen LogP contribution in [0.25, 0.3) is 11.1 Å². The second kappa shape index (κ2) is 4.84. The number of aryl methyl sites for hydroxylation is 1. The largest absolute Gasteiger partial charge is 0.478 e. The van der Waals surface area contributed by atoms with Crippen LogP contribution in [0.4, 0.5) is 0 Å². The molecule has 18 heavy (non-hydrogen) atoms. The van der Waals surface area contributed by atoms with Crippen LogP contribution in [0.1, 0.15) is 26.3 Å². The van der Waals surface area contributed by atoms with E-state index in [0.29, 0.717) is 16.7 Å². The molecule has 2 rings (SSSR count). The monoisotopic (exact) mass is 240 g/mol. The van der Waals surface area contributed by atoms with Gasteiger partial charge in [0.05, 0.1) is 5.56 Å².